The molecule has 0 unspecified atom stereocenters. The third-order valence-electron chi connectivity index (χ3n) is 7.05. The Morgan fingerprint density at radius 1 is 1.03 bits per heavy atom. The molecule has 2 aliphatic heterocycles. The van der Waals surface area contributed by atoms with Gasteiger partial charge in [0.25, 0.3) is 5.56 Å². The SMILES string of the molecule is O=C(O)[C@@H]1CSc2c(-c3cccs3)c(Cc3cccc4ccccc34)c(CN3CCOCC3)c(=O)n21. The van der Waals surface area contributed by atoms with Crippen LogP contribution in [0.2, 0.25) is 0 Å². The number of ether oxygens (including phenoxy) is 1. The number of thioether (sulfide) groups is 1. The van der Waals surface area contributed by atoms with E-state index in [4.69, 9.17) is 4.74 Å². The van der Waals surface area contributed by atoms with E-state index in [9.17, 15) is 14.7 Å². The van der Waals surface area contributed by atoms with Gasteiger partial charge >= 0.3 is 5.97 Å². The minimum Gasteiger partial charge on any atom is -0.480 e. The zero-order valence-corrected chi connectivity index (χ0v) is 21.3. The van der Waals surface area contributed by atoms with E-state index in [-0.39, 0.29) is 5.56 Å². The van der Waals surface area contributed by atoms with Crippen LogP contribution in [0.1, 0.15) is 22.7 Å². The lowest BCUT2D eigenvalue weighted by molar-refractivity contribution is -0.140. The van der Waals surface area contributed by atoms with Gasteiger partial charge in [-0.1, -0.05) is 48.5 Å². The van der Waals surface area contributed by atoms with Gasteiger partial charge < -0.3 is 9.84 Å². The molecule has 1 saturated heterocycles. The van der Waals surface area contributed by atoms with Crippen LogP contribution < -0.4 is 5.56 Å². The fourth-order valence-corrected chi connectivity index (χ4v) is 7.46. The number of rotatable bonds is 6. The fourth-order valence-electron chi connectivity index (χ4n) is 5.26. The van der Waals surface area contributed by atoms with Crippen molar-refractivity contribution >= 4 is 39.8 Å². The van der Waals surface area contributed by atoms with Gasteiger partial charge in [-0.05, 0) is 39.8 Å². The van der Waals surface area contributed by atoms with Crippen LogP contribution in [0.5, 0.6) is 0 Å². The molecule has 0 spiro atoms. The smallest absolute Gasteiger partial charge is 0.327 e. The van der Waals surface area contributed by atoms with Gasteiger partial charge in [0.15, 0.2) is 0 Å². The quantitative estimate of drug-likeness (QED) is 0.392. The largest absolute Gasteiger partial charge is 0.480 e. The molecule has 4 heterocycles. The van der Waals surface area contributed by atoms with E-state index >= 15 is 0 Å². The first-order chi connectivity index (χ1) is 17.6. The van der Waals surface area contributed by atoms with E-state index in [2.05, 4.69) is 41.3 Å². The zero-order chi connectivity index (χ0) is 24.6. The maximum atomic E-state index is 14.1. The summed E-state index contributed by atoms with van der Waals surface area (Å²) in [5.74, 6) is -0.600. The van der Waals surface area contributed by atoms with Crippen LogP contribution in [0.15, 0.2) is 69.8 Å². The molecular weight excluding hydrogens is 492 g/mol. The van der Waals surface area contributed by atoms with Crippen molar-refractivity contribution in [1.82, 2.24) is 9.47 Å². The molecule has 8 heteroatoms. The molecule has 6 nitrogen and oxygen atoms in total. The van der Waals surface area contributed by atoms with Crippen LogP contribution in [0, 0.1) is 0 Å². The monoisotopic (exact) mass is 518 g/mol. The van der Waals surface area contributed by atoms with Crippen LogP contribution in [-0.2, 0) is 22.5 Å². The summed E-state index contributed by atoms with van der Waals surface area (Å²) in [5.41, 5.74) is 3.70. The standard InChI is InChI=1S/C28H26N2O4S2/c31-26-22(16-29-10-12-34-13-11-29)21(15-19-7-3-6-18-5-1-2-8-20(18)19)25(24-9-4-14-35-24)27-30(26)23(17-36-27)28(32)33/h1-9,14,23H,10-13,15-17H2,(H,32,33)/t23-/m0/s1. The Labute approximate surface area is 217 Å². The summed E-state index contributed by atoms with van der Waals surface area (Å²) in [6.45, 7) is 3.26. The molecule has 2 aromatic carbocycles. The van der Waals surface area contributed by atoms with Gasteiger partial charge in [0.1, 0.15) is 6.04 Å². The average Bonchev–Trinajstić information content (AvgIpc) is 3.58. The van der Waals surface area contributed by atoms with E-state index in [1.165, 1.54) is 22.5 Å². The number of hydrogen-bond acceptors (Lipinski definition) is 6. The van der Waals surface area contributed by atoms with Crippen molar-refractivity contribution in [3.63, 3.8) is 0 Å². The van der Waals surface area contributed by atoms with Crippen molar-refractivity contribution in [3.05, 3.63) is 87.0 Å². The number of thiophene rings is 1. The summed E-state index contributed by atoms with van der Waals surface area (Å²) in [7, 11) is 0. The molecule has 184 valence electrons. The Morgan fingerprint density at radius 2 is 1.83 bits per heavy atom. The molecule has 0 aliphatic carbocycles. The maximum absolute atomic E-state index is 14.1. The lowest BCUT2D eigenvalue weighted by Crippen LogP contribution is -2.39. The number of carboxylic acids is 1. The molecule has 2 aliphatic rings. The number of pyridine rings is 1. The number of fused-ring (bicyclic) bond motifs is 2. The molecule has 1 fully saturated rings. The minimum atomic E-state index is -0.959. The number of benzene rings is 2. The van der Waals surface area contributed by atoms with Crippen LogP contribution in [-0.4, -0.2) is 52.6 Å². The van der Waals surface area contributed by atoms with E-state index in [0.29, 0.717) is 37.5 Å². The minimum absolute atomic E-state index is 0.176. The number of carboxylic acid groups (broad SMARTS) is 1. The molecule has 6 rings (SSSR count). The van der Waals surface area contributed by atoms with E-state index in [1.807, 2.05) is 23.6 Å². The van der Waals surface area contributed by atoms with Crippen molar-refractivity contribution in [2.75, 3.05) is 32.1 Å². The summed E-state index contributed by atoms with van der Waals surface area (Å²) in [5, 5.41) is 15.1. The lowest BCUT2D eigenvalue weighted by atomic mass is 9.92. The summed E-state index contributed by atoms with van der Waals surface area (Å²) >= 11 is 3.11. The first-order valence-corrected chi connectivity index (χ1v) is 13.9. The predicted molar refractivity (Wildman–Crippen MR) is 144 cm³/mol. The predicted octanol–water partition coefficient (Wildman–Crippen LogP) is 4.88. The normalized spacial score (nSPS) is 17.9. The van der Waals surface area contributed by atoms with E-state index < -0.39 is 12.0 Å². The third-order valence-corrected chi connectivity index (χ3v) is 9.09. The second-order valence-electron chi connectivity index (χ2n) is 9.16. The number of hydrogen-bond donors (Lipinski definition) is 1. The van der Waals surface area contributed by atoms with Crippen LogP contribution in [0.3, 0.4) is 0 Å². The second kappa shape index (κ2) is 9.86. The number of aromatic nitrogens is 1. The molecule has 0 saturated carbocycles. The molecular formula is C28H26N2O4S2. The Hall–Kier alpha value is -2.91. The van der Waals surface area contributed by atoms with Gasteiger partial charge in [0, 0.05) is 41.4 Å². The Morgan fingerprint density at radius 3 is 2.61 bits per heavy atom. The summed E-state index contributed by atoms with van der Waals surface area (Å²) in [4.78, 5) is 29.5. The fraction of sp³-hybridized carbons (Fsp3) is 0.286. The van der Waals surface area contributed by atoms with Crippen molar-refractivity contribution in [3.8, 4) is 10.4 Å². The molecule has 0 amide bonds. The number of morpholine rings is 1. The third kappa shape index (κ3) is 4.18. The summed E-state index contributed by atoms with van der Waals surface area (Å²) in [6.07, 6.45) is 0.607. The highest BCUT2D eigenvalue weighted by molar-refractivity contribution is 7.99. The topological polar surface area (TPSA) is 71.8 Å². The Kier molecular flexibility index (Phi) is 6.43. The summed E-state index contributed by atoms with van der Waals surface area (Å²) in [6, 6.07) is 17.9. The van der Waals surface area contributed by atoms with Gasteiger partial charge in [0.05, 0.1) is 18.2 Å². The highest BCUT2D eigenvalue weighted by Crippen LogP contribution is 2.44. The Bertz CT molecular complexity index is 1480. The van der Waals surface area contributed by atoms with E-state index in [0.717, 1.165) is 39.7 Å². The first-order valence-electron chi connectivity index (χ1n) is 12.1. The number of aliphatic carboxylic acids is 1. The van der Waals surface area contributed by atoms with Crippen molar-refractivity contribution in [2.45, 2.75) is 24.0 Å². The van der Waals surface area contributed by atoms with Crippen LogP contribution >= 0.6 is 23.1 Å². The van der Waals surface area contributed by atoms with Crippen LogP contribution in [0.4, 0.5) is 0 Å². The number of nitrogens with zero attached hydrogens (tertiary/aromatic N) is 2. The second-order valence-corrected chi connectivity index (χ2v) is 11.1. The highest BCUT2D eigenvalue weighted by atomic mass is 32.2. The molecule has 0 radical (unpaired) electrons. The molecule has 36 heavy (non-hydrogen) atoms. The maximum Gasteiger partial charge on any atom is 0.327 e. The van der Waals surface area contributed by atoms with Gasteiger partial charge in [-0.25, -0.2) is 4.79 Å². The van der Waals surface area contributed by atoms with Crippen molar-refractivity contribution in [1.29, 1.82) is 0 Å². The van der Waals surface area contributed by atoms with E-state index in [1.54, 1.807) is 15.9 Å². The zero-order valence-electron chi connectivity index (χ0n) is 19.7. The van der Waals surface area contributed by atoms with Crippen molar-refractivity contribution < 1.29 is 14.6 Å². The molecule has 1 atom stereocenters. The average molecular weight is 519 g/mol. The summed E-state index contributed by atoms with van der Waals surface area (Å²) < 4.78 is 7.09. The molecule has 4 aromatic rings. The molecule has 2 aromatic heterocycles. The van der Waals surface area contributed by atoms with Gasteiger partial charge in [-0.3, -0.25) is 14.3 Å². The van der Waals surface area contributed by atoms with Gasteiger partial charge in [-0.15, -0.1) is 23.1 Å². The highest BCUT2D eigenvalue weighted by Gasteiger charge is 2.36. The Balaban J connectivity index is 1.60. The molecule has 0 bridgehead atoms. The van der Waals surface area contributed by atoms with Gasteiger partial charge in [0.2, 0.25) is 0 Å². The number of carbonyl (C=O) groups is 1. The molecule has 1 N–H and O–H groups in total. The van der Waals surface area contributed by atoms with Gasteiger partial charge in [-0.2, -0.15) is 0 Å². The first kappa shape index (κ1) is 23.5. The van der Waals surface area contributed by atoms with Crippen molar-refractivity contribution in [2.24, 2.45) is 0 Å². The lowest BCUT2D eigenvalue weighted by Gasteiger charge is -2.28. The van der Waals surface area contributed by atoms with Crippen LogP contribution in [0.25, 0.3) is 21.2 Å².